The average molecular weight is 404 g/mol. The number of benzene rings is 2. The quantitative estimate of drug-likeness (QED) is 0.599. The molecule has 0 aliphatic rings. The molecule has 1 N–H and O–H groups in total. The Morgan fingerprint density at radius 2 is 1.83 bits per heavy atom. The number of hydrogen-bond acceptors (Lipinski definition) is 4. The third kappa shape index (κ3) is 6.10. The molecule has 1 aromatic heterocycles. The molecule has 0 aliphatic carbocycles. The predicted molar refractivity (Wildman–Crippen MR) is 99.9 cm³/mol. The summed E-state index contributed by atoms with van der Waals surface area (Å²) in [5, 5.41) is 2.80. The number of aromatic nitrogens is 1. The van der Waals surface area contributed by atoms with Gasteiger partial charge in [-0.3, -0.25) is 4.79 Å². The summed E-state index contributed by atoms with van der Waals surface area (Å²) in [4.78, 5) is 16.4. The van der Waals surface area contributed by atoms with Crippen molar-refractivity contribution < 1.29 is 27.1 Å². The van der Waals surface area contributed by atoms with Crippen LogP contribution in [0.3, 0.4) is 0 Å². The van der Waals surface area contributed by atoms with E-state index in [1.54, 1.807) is 13.1 Å². The third-order valence-electron chi connectivity index (χ3n) is 4.17. The van der Waals surface area contributed by atoms with E-state index < -0.39 is 6.36 Å². The van der Waals surface area contributed by atoms with Crippen molar-refractivity contribution in [1.82, 2.24) is 10.3 Å². The largest absolute Gasteiger partial charge is 0.573 e. The maximum atomic E-state index is 12.2. The van der Waals surface area contributed by atoms with Gasteiger partial charge in [0.2, 0.25) is 5.91 Å². The highest BCUT2D eigenvalue weighted by atomic mass is 19.4. The zero-order chi connectivity index (χ0) is 20.9. The first kappa shape index (κ1) is 20.4. The number of carbonyl (C=O) groups is 1. The van der Waals surface area contributed by atoms with Gasteiger partial charge in [0, 0.05) is 18.4 Å². The SMILES string of the molecule is C[C@H](NC(=O)CCc1ncc(-c2ccccc2)o1)c1ccc(OC(F)(F)F)cc1. The lowest BCUT2D eigenvalue weighted by atomic mass is 10.1. The third-order valence-corrected chi connectivity index (χ3v) is 4.17. The lowest BCUT2D eigenvalue weighted by molar-refractivity contribution is -0.274. The maximum absolute atomic E-state index is 12.2. The van der Waals surface area contributed by atoms with E-state index in [-0.39, 0.29) is 24.1 Å². The van der Waals surface area contributed by atoms with Gasteiger partial charge in [-0.15, -0.1) is 13.2 Å². The number of aryl methyl sites for hydroxylation is 1. The molecule has 0 aliphatic heterocycles. The van der Waals surface area contributed by atoms with Crippen LogP contribution < -0.4 is 10.1 Å². The van der Waals surface area contributed by atoms with Crippen molar-refractivity contribution in [3.8, 4) is 17.1 Å². The van der Waals surface area contributed by atoms with Crippen molar-refractivity contribution in [2.45, 2.75) is 32.2 Å². The van der Waals surface area contributed by atoms with E-state index in [1.807, 2.05) is 30.3 Å². The molecular formula is C21H19F3N2O3. The van der Waals surface area contributed by atoms with Crippen LogP contribution in [0.1, 0.15) is 30.8 Å². The van der Waals surface area contributed by atoms with Crippen LogP contribution in [0.15, 0.2) is 65.2 Å². The fraction of sp³-hybridized carbons (Fsp3) is 0.238. The highest BCUT2D eigenvalue weighted by Gasteiger charge is 2.31. The molecule has 8 heteroatoms. The highest BCUT2D eigenvalue weighted by Crippen LogP contribution is 2.24. The minimum Gasteiger partial charge on any atom is -0.441 e. The van der Waals surface area contributed by atoms with Gasteiger partial charge >= 0.3 is 6.36 Å². The zero-order valence-electron chi connectivity index (χ0n) is 15.6. The number of nitrogens with one attached hydrogen (secondary N) is 1. The topological polar surface area (TPSA) is 64.4 Å². The van der Waals surface area contributed by atoms with Crippen molar-refractivity contribution in [1.29, 1.82) is 0 Å². The summed E-state index contributed by atoms with van der Waals surface area (Å²) >= 11 is 0. The molecule has 0 spiro atoms. The van der Waals surface area contributed by atoms with Crippen LogP contribution in [0.4, 0.5) is 13.2 Å². The smallest absolute Gasteiger partial charge is 0.441 e. The number of halogens is 3. The van der Waals surface area contributed by atoms with Crippen LogP contribution in [0.5, 0.6) is 5.75 Å². The summed E-state index contributed by atoms with van der Waals surface area (Å²) in [7, 11) is 0. The van der Waals surface area contributed by atoms with E-state index in [2.05, 4.69) is 15.0 Å². The monoisotopic (exact) mass is 404 g/mol. The number of nitrogens with zero attached hydrogens (tertiary/aromatic N) is 1. The second-order valence-corrected chi connectivity index (χ2v) is 6.39. The number of hydrogen-bond donors (Lipinski definition) is 1. The minimum atomic E-state index is -4.73. The highest BCUT2D eigenvalue weighted by molar-refractivity contribution is 5.76. The summed E-state index contributed by atoms with van der Waals surface area (Å²) in [6.45, 7) is 1.75. The molecule has 3 rings (SSSR count). The van der Waals surface area contributed by atoms with Crippen LogP contribution >= 0.6 is 0 Å². The molecule has 29 heavy (non-hydrogen) atoms. The molecular weight excluding hydrogens is 385 g/mol. The van der Waals surface area contributed by atoms with Gasteiger partial charge in [0.05, 0.1) is 12.2 Å². The second-order valence-electron chi connectivity index (χ2n) is 6.39. The molecule has 5 nitrogen and oxygen atoms in total. The Hall–Kier alpha value is -3.29. The molecule has 1 atom stereocenters. The van der Waals surface area contributed by atoms with Gasteiger partial charge in [-0.1, -0.05) is 42.5 Å². The molecule has 0 unspecified atom stereocenters. The van der Waals surface area contributed by atoms with Gasteiger partial charge in [0.25, 0.3) is 0 Å². The summed E-state index contributed by atoms with van der Waals surface area (Å²) < 4.78 is 46.1. The van der Waals surface area contributed by atoms with Crippen LogP contribution in [0.2, 0.25) is 0 Å². The molecule has 0 saturated carbocycles. The Kier molecular flexibility index (Phi) is 6.21. The summed E-state index contributed by atoms with van der Waals surface area (Å²) in [5.41, 5.74) is 1.57. The number of carbonyl (C=O) groups excluding carboxylic acids is 1. The molecule has 0 fully saturated rings. The number of alkyl halides is 3. The van der Waals surface area contributed by atoms with E-state index in [0.717, 1.165) is 5.56 Å². The van der Waals surface area contributed by atoms with Crippen molar-refractivity contribution in [3.05, 3.63) is 72.2 Å². The van der Waals surface area contributed by atoms with E-state index in [4.69, 9.17) is 4.42 Å². The molecule has 0 saturated heterocycles. The maximum Gasteiger partial charge on any atom is 0.573 e. The van der Waals surface area contributed by atoms with Crippen molar-refractivity contribution in [3.63, 3.8) is 0 Å². The van der Waals surface area contributed by atoms with Gasteiger partial charge in [-0.25, -0.2) is 4.98 Å². The van der Waals surface area contributed by atoms with Crippen LogP contribution in [0.25, 0.3) is 11.3 Å². The Balaban J connectivity index is 1.50. The van der Waals surface area contributed by atoms with Crippen molar-refractivity contribution in [2.24, 2.45) is 0 Å². The van der Waals surface area contributed by atoms with Crippen LogP contribution in [-0.4, -0.2) is 17.3 Å². The van der Waals surface area contributed by atoms with E-state index >= 15 is 0 Å². The first-order valence-corrected chi connectivity index (χ1v) is 8.95. The zero-order valence-corrected chi connectivity index (χ0v) is 15.6. The molecule has 0 bridgehead atoms. The van der Waals surface area contributed by atoms with Crippen molar-refractivity contribution in [2.75, 3.05) is 0 Å². The molecule has 2 aromatic carbocycles. The van der Waals surface area contributed by atoms with E-state index in [1.165, 1.54) is 24.3 Å². The van der Waals surface area contributed by atoms with Crippen molar-refractivity contribution >= 4 is 5.91 Å². The molecule has 1 heterocycles. The summed E-state index contributed by atoms with van der Waals surface area (Å²) in [5.74, 6) is 0.571. The number of rotatable bonds is 7. The first-order valence-electron chi connectivity index (χ1n) is 8.95. The fourth-order valence-corrected chi connectivity index (χ4v) is 2.74. The van der Waals surface area contributed by atoms with E-state index in [9.17, 15) is 18.0 Å². The van der Waals surface area contributed by atoms with Gasteiger partial charge < -0.3 is 14.5 Å². The predicted octanol–water partition coefficient (Wildman–Crippen LogP) is 5.05. The number of ether oxygens (including phenoxy) is 1. The number of oxazole rings is 1. The Bertz CT molecular complexity index is 938. The molecule has 152 valence electrons. The summed E-state index contributed by atoms with van der Waals surface area (Å²) in [6, 6.07) is 14.5. The molecule has 3 aromatic rings. The number of amides is 1. The first-order chi connectivity index (χ1) is 13.8. The Morgan fingerprint density at radius 1 is 1.14 bits per heavy atom. The molecule has 0 radical (unpaired) electrons. The lowest BCUT2D eigenvalue weighted by Crippen LogP contribution is -2.26. The van der Waals surface area contributed by atoms with Crippen LogP contribution in [-0.2, 0) is 11.2 Å². The average Bonchev–Trinajstić information content (AvgIpc) is 3.15. The van der Waals surface area contributed by atoms with E-state index in [0.29, 0.717) is 23.6 Å². The fourth-order valence-electron chi connectivity index (χ4n) is 2.74. The van der Waals surface area contributed by atoms with Gasteiger partial charge in [0.15, 0.2) is 11.7 Å². The summed E-state index contributed by atoms with van der Waals surface area (Å²) in [6.07, 6.45) is -2.60. The second kappa shape index (κ2) is 8.81. The van der Waals surface area contributed by atoms with Gasteiger partial charge in [0.1, 0.15) is 5.75 Å². The minimum absolute atomic E-state index is 0.175. The van der Waals surface area contributed by atoms with Crippen LogP contribution in [0, 0.1) is 0 Å². The Morgan fingerprint density at radius 3 is 2.48 bits per heavy atom. The van der Waals surface area contributed by atoms with Gasteiger partial charge in [-0.05, 0) is 24.6 Å². The standard InChI is InChI=1S/C21H19F3N2O3/c1-14(15-7-9-17(10-8-15)29-21(22,23)24)26-19(27)11-12-20-25-13-18(28-20)16-5-3-2-4-6-16/h2-10,13-14H,11-12H2,1H3,(H,26,27)/t14-/m0/s1. The van der Waals surface area contributed by atoms with Gasteiger partial charge in [-0.2, -0.15) is 0 Å². The normalized spacial score (nSPS) is 12.4. The lowest BCUT2D eigenvalue weighted by Gasteiger charge is -2.15. The Labute approximate surface area is 165 Å². The molecule has 1 amide bonds.